The molecule has 2 rings (SSSR count). The maximum Gasteiger partial charge on any atom is 0.407 e. The van der Waals surface area contributed by atoms with Crippen molar-refractivity contribution in [3.8, 4) is 0 Å². The van der Waals surface area contributed by atoms with Crippen LogP contribution in [0.2, 0.25) is 0 Å². The standard InChI is InChI=1S/C24H34N2O5/c1-14-9-11-16(12-10-14)18-17(13-25-21(30)31-23(6,7)8)19(27)26-15(2)24(18,20(28)29)22(3,4)5/h9-12,15H,13H2,1-8H3,(H,25,30)(H,26,27)(H,28,29). The van der Waals surface area contributed by atoms with E-state index in [4.69, 9.17) is 4.74 Å². The molecule has 2 atom stereocenters. The van der Waals surface area contributed by atoms with Gasteiger partial charge in [0.15, 0.2) is 0 Å². The lowest BCUT2D eigenvalue weighted by Crippen LogP contribution is -2.61. The summed E-state index contributed by atoms with van der Waals surface area (Å²) in [6.45, 7) is 14.3. The van der Waals surface area contributed by atoms with Gasteiger partial charge in [-0.25, -0.2) is 4.79 Å². The highest BCUT2D eigenvalue weighted by molar-refractivity contribution is 6.10. The Balaban J connectivity index is 2.73. The molecule has 170 valence electrons. The van der Waals surface area contributed by atoms with Crippen LogP contribution in [0.1, 0.15) is 59.6 Å². The molecule has 0 saturated heterocycles. The summed E-state index contributed by atoms with van der Waals surface area (Å²) in [6, 6.07) is 6.75. The Kier molecular flexibility index (Phi) is 6.59. The minimum atomic E-state index is -1.42. The van der Waals surface area contributed by atoms with E-state index in [9.17, 15) is 19.5 Å². The number of amides is 2. The van der Waals surface area contributed by atoms with Crippen molar-refractivity contribution < 1.29 is 24.2 Å². The Morgan fingerprint density at radius 1 is 1.13 bits per heavy atom. The largest absolute Gasteiger partial charge is 0.481 e. The summed E-state index contributed by atoms with van der Waals surface area (Å²) in [5.41, 5.74) is -0.569. The van der Waals surface area contributed by atoms with Gasteiger partial charge in [-0.2, -0.15) is 0 Å². The summed E-state index contributed by atoms with van der Waals surface area (Å²) >= 11 is 0. The number of rotatable bonds is 4. The van der Waals surface area contributed by atoms with Crippen molar-refractivity contribution >= 4 is 23.5 Å². The minimum Gasteiger partial charge on any atom is -0.481 e. The van der Waals surface area contributed by atoms with E-state index in [1.165, 1.54) is 0 Å². The van der Waals surface area contributed by atoms with Gasteiger partial charge in [0, 0.05) is 11.6 Å². The van der Waals surface area contributed by atoms with Crippen molar-refractivity contribution in [3.63, 3.8) is 0 Å². The number of ether oxygens (including phenoxy) is 1. The molecule has 0 radical (unpaired) electrons. The Morgan fingerprint density at radius 2 is 1.68 bits per heavy atom. The molecule has 0 fully saturated rings. The van der Waals surface area contributed by atoms with Gasteiger partial charge in [-0.3, -0.25) is 9.59 Å². The quantitative estimate of drug-likeness (QED) is 0.672. The lowest BCUT2D eigenvalue weighted by molar-refractivity contribution is -0.153. The number of hydrogen-bond donors (Lipinski definition) is 3. The first-order valence-corrected chi connectivity index (χ1v) is 10.4. The summed E-state index contributed by atoms with van der Waals surface area (Å²) in [4.78, 5) is 38.1. The number of hydrogen-bond acceptors (Lipinski definition) is 4. The first-order valence-electron chi connectivity index (χ1n) is 10.4. The second-order valence-corrected chi connectivity index (χ2v) is 10.1. The van der Waals surface area contributed by atoms with Crippen LogP contribution in [0.3, 0.4) is 0 Å². The molecule has 1 aromatic carbocycles. The smallest absolute Gasteiger partial charge is 0.407 e. The normalized spacial score (nSPS) is 22.1. The van der Waals surface area contributed by atoms with Crippen molar-refractivity contribution in [1.29, 1.82) is 0 Å². The fraction of sp³-hybridized carbons (Fsp3) is 0.542. The molecule has 0 aliphatic carbocycles. The number of nitrogens with one attached hydrogen (secondary N) is 2. The molecule has 1 aromatic rings. The maximum absolute atomic E-state index is 13.0. The molecule has 0 bridgehead atoms. The Labute approximate surface area is 184 Å². The highest BCUT2D eigenvalue weighted by Gasteiger charge is 2.59. The van der Waals surface area contributed by atoms with Gasteiger partial charge in [-0.1, -0.05) is 50.6 Å². The van der Waals surface area contributed by atoms with Gasteiger partial charge in [0.25, 0.3) is 0 Å². The predicted molar refractivity (Wildman–Crippen MR) is 119 cm³/mol. The Bertz CT molecular complexity index is 903. The van der Waals surface area contributed by atoms with Crippen LogP contribution >= 0.6 is 0 Å². The third-order valence-electron chi connectivity index (χ3n) is 5.64. The number of alkyl carbamates (subject to hydrolysis) is 1. The summed E-state index contributed by atoms with van der Waals surface area (Å²) in [7, 11) is 0. The molecule has 7 nitrogen and oxygen atoms in total. The first kappa shape index (κ1) is 24.4. The fourth-order valence-electron chi connectivity index (χ4n) is 4.36. The average Bonchev–Trinajstić information content (AvgIpc) is 2.58. The van der Waals surface area contributed by atoms with E-state index in [-0.39, 0.29) is 12.1 Å². The molecule has 0 spiro atoms. The van der Waals surface area contributed by atoms with E-state index >= 15 is 0 Å². The van der Waals surface area contributed by atoms with Gasteiger partial charge in [0.1, 0.15) is 11.0 Å². The second kappa shape index (κ2) is 8.36. The van der Waals surface area contributed by atoms with E-state index in [0.29, 0.717) is 11.1 Å². The van der Waals surface area contributed by atoms with Gasteiger partial charge in [0.05, 0.1) is 6.54 Å². The van der Waals surface area contributed by atoms with Gasteiger partial charge < -0.3 is 20.5 Å². The van der Waals surface area contributed by atoms with Gasteiger partial charge in [0.2, 0.25) is 5.91 Å². The molecule has 7 heteroatoms. The summed E-state index contributed by atoms with van der Waals surface area (Å²) in [6.07, 6.45) is -0.675. The van der Waals surface area contributed by atoms with Crippen LogP contribution < -0.4 is 10.6 Å². The summed E-state index contributed by atoms with van der Waals surface area (Å²) in [5.74, 6) is -1.43. The highest BCUT2D eigenvalue weighted by atomic mass is 16.6. The van der Waals surface area contributed by atoms with Crippen LogP contribution in [0.15, 0.2) is 29.8 Å². The SMILES string of the molecule is Cc1ccc(C2=C(CNC(=O)OC(C)(C)C)C(=O)NC(C)C2(C(=O)O)C(C)(C)C)cc1. The van der Waals surface area contributed by atoms with Crippen molar-refractivity contribution in [3.05, 3.63) is 41.0 Å². The monoisotopic (exact) mass is 430 g/mol. The molecule has 1 heterocycles. The number of carboxylic acids is 1. The molecule has 2 amide bonds. The number of carbonyl (C=O) groups is 3. The highest BCUT2D eigenvalue weighted by Crippen LogP contribution is 2.54. The summed E-state index contributed by atoms with van der Waals surface area (Å²) < 4.78 is 5.29. The van der Waals surface area contributed by atoms with Crippen LogP contribution in [-0.4, -0.2) is 41.3 Å². The van der Waals surface area contributed by atoms with Crippen LogP contribution in [0.4, 0.5) is 4.79 Å². The molecule has 31 heavy (non-hydrogen) atoms. The van der Waals surface area contributed by atoms with E-state index in [1.54, 1.807) is 27.7 Å². The van der Waals surface area contributed by atoms with Crippen molar-refractivity contribution in [1.82, 2.24) is 10.6 Å². The van der Waals surface area contributed by atoms with Gasteiger partial charge >= 0.3 is 12.1 Å². The number of benzene rings is 1. The zero-order chi connectivity index (χ0) is 23.8. The van der Waals surface area contributed by atoms with Crippen molar-refractivity contribution in [2.75, 3.05) is 6.54 Å². The Morgan fingerprint density at radius 3 is 2.13 bits per heavy atom. The van der Waals surface area contributed by atoms with Crippen LogP contribution in [0.25, 0.3) is 5.57 Å². The van der Waals surface area contributed by atoms with Crippen LogP contribution in [-0.2, 0) is 14.3 Å². The molecule has 0 saturated carbocycles. The molecular formula is C24H34N2O5. The number of aryl methyl sites for hydroxylation is 1. The second-order valence-electron chi connectivity index (χ2n) is 10.1. The molecular weight excluding hydrogens is 396 g/mol. The molecule has 1 aliphatic rings. The van der Waals surface area contributed by atoms with Crippen molar-refractivity contribution in [2.45, 2.75) is 67.0 Å². The molecule has 2 unspecified atom stereocenters. The predicted octanol–water partition coefficient (Wildman–Crippen LogP) is 3.91. The van der Waals surface area contributed by atoms with Crippen LogP contribution in [0, 0.1) is 17.8 Å². The van der Waals surface area contributed by atoms with E-state index in [1.807, 2.05) is 52.0 Å². The third-order valence-corrected chi connectivity index (χ3v) is 5.64. The molecule has 3 N–H and O–H groups in total. The van der Waals surface area contributed by atoms with Crippen molar-refractivity contribution in [2.24, 2.45) is 10.8 Å². The average molecular weight is 431 g/mol. The number of carboxylic acid groups (broad SMARTS) is 1. The lowest BCUT2D eigenvalue weighted by Gasteiger charge is -2.50. The molecule has 0 aromatic heterocycles. The summed E-state index contributed by atoms with van der Waals surface area (Å²) in [5, 5.41) is 16.0. The van der Waals surface area contributed by atoms with E-state index < -0.39 is 40.4 Å². The zero-order valence-electron chi connectivity index (χ0n) is 19.7. The van der Waals surface area contributed by atoms with Gasteiger partial charge in [-0.05, 0) is 51.2 Å². The maximum atomic E-state index is 13.0. The first-order chi connectivity index (χ1) is 14.1. The minimum absolute atomic E-state index is 0.151. The lowest BCUT2D eigenvalue weighted by atomic mass is 9.55. The topological polar surface area (TPSA) is 105 Å². The zero-order valence-corrected chi connectivity index (χ0v) is 19.7. The van der Waals surface area contributed by atoms with E-state index in [2.05, 4.69) is 10.6 Å². The number of carbonyl (C=O) groups excluding carboxylic acids is 2. The number of aliphatic carboxylic acids is 1. The van der Waals surface area contributed by atoms with Crippen LogP contribution in [0.5, 0.6) is 0 Å². The Hall–Kier alpha value is -2.83. The molecule has 1 aliphatic heterocycles. The third kappa shape index (κ3) is 4.75. The van der Waals surface area contributed by atoms with Gasteiger partial charge in [-0.15, -0.1) is 0 Å². The van der Waals surface area contributed by atoms with E-state index in [0.717, 1.165) is 5.56 Å². The fourth-order valence-corrected chi connectivity index (χ4v) is 4.36.